The van der Waals surface area contributed by atoms with Gasteiger partial charge in [-0.25, -0.2) is 0 Å². The zero-order valence-electron chi connectivity index (χ0n) is 16.1. The Kier molecular flexibility index (Phi) is 6.36. The van der Waals surface area contributed by atoms with Crippen molar-refractivity contribution >= 4 is 28.3 Å². The molecule has 0 aliphatic carbocycles. The standard InChI is InChI=1S/C20H24N4O4S/c25-18(22-20-23-21-13-29-20)15-3-1-9-24(11-15)19(26)14-5-7-16(8-6-14)28-12-17-4-2-10-27-17/h5-8,13,15,17H,1-4,9-12H2,(H,22,23,25). The van der Waals surface area contributed by atoms with Crippen molar-refractivity contribution in [3.05, 3.63) is 35.3 Å². The van der Waals surface area contributed by atoms with Crippen molar-refractivity contribution in [2.45, 2.75) is 31.8 Å². The molecule has 29 heavy (non-hydrogen) atoms. The highest BCUT2D eigenvalue weighted by molar-refractivity contribution is 7.13. The number of aromatic nitrogens is 2. The molecule has 2 fully saturated rings. The molecule has 1 aromatic carbocycles. The molecule has 0 radical (unpaired) electrons. The van der Waals surface area contributed by atoms with Crippen molar-refractivity contribution in [1.82, 2.24) is 15.1 Å². The van der Waals surface area contributed by atoms with E-state index in [2.05, 4.69) is 15.5 Å². The van der Waals surface area contributed by atoms with E-state index in [-0.39, 0.29) is 23.8 Å². The number of benzene rings is 1. The van der Waals surface area contributed by atoms with Gasteiger partial charge in [0.15, 0.2) is 0 Å². The van der Waals surface area contributed by atoms with Crippen molar-refractivity contribution in [2.75, 3.05) is 31.6 Å². The lowest BCUT2D eigenvalue weighted by atomic mass is 9.96. The molecule has 9 heteroatoms. The number of carbonyl (C=O) groups excluding carboxylic acids is 2. The molecule has 0 bridgehead atoms. The van der Waals surface area contributed by atoms with Crippen LogP contribution in [0.25, 0.3) is 0 Å². The Labute approximate surface area is 173 Å². The average molecular weight is 417 g/mol. The van der Waals surface area contributed by atoms with Gasteiger partial charge in [-0.05, 0) is 49.9 Å². The molecule has 2 aromatic rings. The van der Waals surface area contributed by atoms with Crippen LogP contribution in [-0.4, -0.2) is 59.3 Å². The van der Waals surface area contributed by atoms with Gasteiger partial charge < -0.3 is 19.7 Å². The first-order valence-electron chi connectivity index (χ1n) is 9.90. The van der Waals surface area contributed by atoms with Crippen LogP contribution in [0.15, 0.2) is 29.8 Å². The van der Waals surface area contributed by atoms with E-state index in [1.807, 2.05) is 12.1 Å². The van der Waals surface area contributed by atoms with Crippen LogP contribution in [0.4, 0.5) is 5.13 Å². The van der Waals surface area contributed by atoms with E-state index in [0.717, 1.165) is 38.0 Å². The highest BCUT2D eigenvalue weighted by Crippen LogP contribution is 2.22. The number of rotatable bonds is 6. The van der Waals surface area contributed by atoms with Gasteiger partial charge in [0.2, 0.25) is 11.0 Å². The molecule has 154 valence electrons. The van der Waals surface area contributed by atoms with Crippen molar-refractivity contribution in [3.63, 3.8) is 0 Å². The third-order valence-electron chi connectivity index (χ3n) is 5.23. The van der Waals surface area contributed by atoms with E-state index >= 15 is 0 Å². The molecule has 2 atom stereocenters. The second-order valence-electron chi connectivity index (χ2n) is 7.29. The number of hydrogen-bond acceptors (Lipinski definition) is 7. The molecular weight excluding hydrogens is 392 g/mol. The number of ether oxygens (including phenoxy) is 2. The second-order valence-corrected chi connectivity index (χ2v) is 8.13. The maximum Gasteiger partial charge on any atom is 0.253 e. The molecule has 2 amide bonds. The van der Waals surface area contributed by atoms with Gasteiger partial charge >= 0.3 is 0 Å². The Bertz CT molecular complexity index is 822. The molecule has 1 N–H and O–H groups in total. The van der Waals surface area contributed by atoms with Crippen LogP contribution in [0.5, 0.6) is 5.75 Å². The summed E-state index contributed by atoms with van der Waals surface area (Å²) in [5.41, 5.74) is 2.17. The van der Waals surface area contributed by atoms with E-state index in [1.54, 1.807) is 22.5 Å². The van der Waals surface area contributed by atoms with E-state index in [1.165, 1.54) is 11.3 Å². The minimum atomic E-state index is -0.245. The number of anilines is 1. The van der Waals surface area contributed by atoms with Crippen LogP contribution in [0, 0.1) is 5.92 Å². The summed E-state index contributed by atoms with van der Waals surface area (Å²) in [7, 11) is 0. The van der Waals surface area contributed by atoms with Crippen LogP contribution in [0.2, 0.25) is 0 Å². The van der Waals surface area contributed by atoms with Gasteiger partial charge in [0.05, 0.1) is 12.0 Å². The topological polar surface area (TPSA) is 93.7 Å². The van der Waals surface area contributed by atoms with Crippen LogP contribution in [0.1, 0.15) is 36.0 Å². The lowest BCUT2D eigenvalue weighted by molar-refractivity contribution is -0.121. The summed E-state index contributed by atoms with van der Waals surface area (Å²) in [6, 6.07) is 7.17. The van der Waals surface area contributed by atoms with Crippen LogP contribution in [0.3, 0.4) is 0 Å². The number of piperidine rings is 1. The van der Waals surface area contributed by atoms with Gasteiger partial charge in [-0.3, -0.25) is 9.59 Å². The van der Waals surface area contributed by atoms with Crippen molar-refractivity contribution in [3.8, 4) is 5.75 Å². The smallest absolute Gasteiger partial charge is 0.253 e. The van der Waals surface area contributed by atoms with Gasteiger partial charge in [-0.15, -0.1) is 10.2 Å². The molecular formula is C20H24N4O4S. The molecule has 2 saturated heterocycles. The predicted molar refractivity (Wildman–Crippen MR) is 108 cm³/mol. The molecule has 3 heterocycles. The van der Waals surface area contributed by atoms with Gasteiger partial charge in [-0.1, -0.05) is 11.3 Å². The van der Waals surface area contributed by atoms with Gasteiger partial charge in [-0.2, -0.15) is 0 Å². The molecule has 2 unspecified atom stereocenters. The van der Waals surface area contributed by atoms with E-state index in [4.69, 9.17) is 9.47 Å². The largest absolute Gasteiger partial charge is 0.491 e. The Hall–Kier alpha value is -2.52. The Balaban J connectivity index is 1.31. The third-order valence-corrected chi connectivity index (χ3v) is 5.84. The second kappa shape index (κ2) is 9.32. The fourth-order valence-electron chi connectivity index (χ4n) is 3.65. The Morgan fingerprint density at radius 1 is 1.24 bits per heavy atom. The summed E-state index contributed by atoms with van der Waals surface area (Å²) in [5, 5.41) is 10.8. The fraction of sp³-hybridized carbons (Fsp3) is 0.500. The summed E-state index contributed by atoms with van der Waals surface area (Å²) in [5.74, 6) is 0.303. The third kappa shape index (κ3) is 5.10. The zero-order chi connectivity index (χ0) is 20.1. The lowest BCUT2D eigenvalue weighted by Crippen LogP contribution is -2.43. The summed E-state index contributed by atoms with van der Waals surface area (Å²) in [4.78, 5) is 27.1. The first kappa shape index (κ1) is 19.8. The summed E-state index contributed by atoms with van der Waals surface area (Å²) in [6.45, 7) is 2.39. The van der Waals surface area contributed by atoms with Gasteiger partial charge in [0.1, 0.15) is 17.9 Å². The maximum atomic E-state index is 12.9. The van der Waals surface area contributed by atoms with Crippen molar-refractivity contribution in [2.24, 2.45) is 5.92 Å². The van der Waals surface area contributed by atoms with Gasteiger partial charge in [0, 0.05) is 25.3 Å². The van der Waals surface area contributed by atoms with Crippen LogP contribution >= 0.6 is 11.3 Å². The monoisotopic (exact) mass is 416 g/mol. The summed E-state index contributed by atoms with van der Waals surface area (Å²) >= 11 is 1.28. The quantitative estimate of drug-likeness (QED) is 0.778. The number of likely N-dealkylation sites (tertiary alicyclic amines) is 1. The molecule has 0 spiro atoms. The summed E-state index contributed by atoms with van der Waals surface area (Å²) < 4.78 is 11.3. The predicted octanol–water partition coefficient (Wildman–Crippen LogP) is 2.59. The molecule has 2 aliphatic heterocycles. The van der Waals surface area contributed by atoms with E-state index in [9.17, 15) is 9.59 Å². The average Bonchev–Trinajstić information content (AvgIpc) is 3.46. The van der Waals surface area contributed by atoms with Crippen LogP contribution in [-0.2, 0) is 9.53 Å². The number of hydrogen-bond donors (Lipinski definition) is 1. The summed E-state index contributed by atoms with van der Waals surface area (Å²) in [6.07, 6.45) is 3.82. The van der Waals surface area contributed by atoms with Crippen LogP contribution < -0.4 is 10.1 Å². The van der Waals surface area contributed by atoms with Crippen molar-refractivity contribution in [1.29, 1.82) is 0 Å². The Morgan fingerprint density at radius 3 is 2.83 bits per heavy atom. The first-order chi connectivity index (χ1) is 14.2. The minimum Gasteiger partial charge on any atom is -0.491 e. The van der Waals surface area contributed by atoms with E-state index in [0.29, 0.717) is 30.4 Å². The number of nitrogens with one attached hydrogen (secondary N) is 1. The first-order valence-corrected chi connectivity index (χ1v) is 10.8. The highest BCUT2D eigenvalue weighted by atomic mass is 32.1. The lowest BCUT2D eigenvalue weighted by Gasteiger charge is -2.32. The minimum absolute atomic E-state index is 0.0657. The number of carbonyl (C=O) groups is 2. The number of nitrogens with zero attached hydrogens (tertiary/aromatic N) is 3. The fourth-order valence-corrected chi connectivity index (χ4v) is 4.10. The zero-order valence-corrected chi connectivity index (χ0v) is 16.9. The molecule has 2 aliphatic rings. The molecule has 4 rings (SSSR count). The highest BCUT2D eigenvalue weighted by Gasteiger charge is 2.29. The Morgan fingerprint density at radius 2 is 2.10 bits per heavy atom. The normalized spacial score (nSPS) is 21.7. The maximum absolute atomic E-state index is 12.9. The number of amides is 2. The molecule has 0 saturated carbocycles. The van der Waals surface area contributed by atoms with E-state index < -0.39 is 0 Å². The molecule has 1 aromatic heterocycles. The van der Waals surface area contributed by atoms with Gasteiger partial charge in [0.25, 0.3) is 5.91 Å². The SMILES string of the molecule is O=C(Nc1nncs1)C1CCCN(C(=O)c2ccc(OCC3CCCO3)cc2)C1. The molecule has 8 nitrogen and oxygen atoms in total. The van der Waals surface area contributed by atoms with Crippen molar-refractivity contribution < 1.29 is 19.1 Å².